The molecule has 0 N–H and O–H groups in total. The Kier molecular flexibility index (Phi) is 7.09. The summed E-state index contributed by atoms with van der Waals surface area (Å²) in [5.41, 5.74) is 13.0. The molecule has 0 saturated carbocycles. The molecule has 0 spiro atoms. The molecule has 0 amide bonds. The average molecular weight is 628 g/mol. The number of benzene rings is 7. The lowest BCUT2D eigenvalue weighted by Gasteiger charge is -2.18. The number of hydrogen-bond donors (Lipinski definition) is 0. The highest BCUT2D eigenvalue weighted by atomic mass is 15.1. The fourth-order valence-corrected chi connectivity index (χ4v) is 7.36. The topological polar surface area (TPSA) is 30.7 Å². The molecule has 3 nitrogen and oxygen atoms in total. The molecule has 0 saturated heterocycles. The second-order valence-electron chi connectivity index (χ2n) is 12.5. The first kappa shape index (κ1) is 28.9. The van der Waals surface area contributed by atoms with Gasteiger partial charge < -0.3 is 0 Å². The number of aromatic nitrogens is 3. The lowest BCUT2D eigenvalue weighted by Crippen LogP contribution is -1.99. The van der Waals surface area contributed by atoms with Gasteiger partial charge in [-0.15, -0.1) is 0 Å². The van der Waals surface area contributed by atoms with E-state index in [0.717, 1.165) is 29.0 Å². The molecule has 0 unspecified atom stereocenters. The Labute approximate surface area is 285 Å². The smallest absolute Gasteiger partial charge is 0.114 e. The summed E-state index contributed by atoms with van der Waals surface area (Å²) in [7, 11) is 0. The van der Waals surface area contributed by atoms with Gasteiger partial charge in [0.05, 0.1) is 11.0 Å². The van der Waals surface area contributed by atoms with Crippen molar-refractivity contribution in [1.82, 2.24) is 14.5 Å². The molecule has 3 heteroatoms. The van der Waals surface area contributed by atoms with Crippen molar-refractivity contribution in [2.24, 2.45) is 0 Å². The number of nitrogens with zero attached hydrogens (tertiary/aromatic N) is 3. The van der Waals surface area contributed by atoms with Gasteiger partial charge in [-0.05, 0) is 102 Å². The summed E-state index contributed by atoms with van der Waals surface area (Å²) >= 11 is 0. The van der Waals surface area contributed by atoms with E-state index in [2.05, 4.69) is 174 Å². The highest BCUT2D eigenvalue weighted by Crippen LogP contribution is 2.44. The number of imidazole rings is 1. The van der Waals surface area contributed by atoms with Crippen molar-refractivity contribution >= 4 is 32.6 Å². The third kappa shape index (κ3) is 4.99. The molecule has 0 bridgehead atoms. The molecule has 0 aliphatic heterocycles. The fourth-order valence-electron chi connectivity index (χ4n) is 7.36. The van der Waals surface area contributed by atoms with Crippen LogP contribution in [0.1, 0.15) is 12.7 Å². The van der Waals surface area contributed by atoms with Gasteiger partial charge in [0, 0.05) is 24.5 Å². The monoisotopic (exact) mass is 627 g/mol. The average Bonchev–Trinajstić information content (AvgIpc) is 3.56. The van der Waals surface area contributed by atoms with E-state index in [9.17, 15) is 0 Å². The van der Waals surface area contributed by atoms with E-state index < -0.39 is 0 Å². The van der Waals surface area contributed by atoms with Gasteiger partial charge in [0.1, 0.15) is 5.82 Å². The summed E-state index contributed by atoms with van der Waals surface area (Å²) in [4.78, 5) is 9.05. The first-order valence-corrected chi connectivity index (χ1v) is 16.9. The molecule has 7 aromatic carbocycles. The lowest BCUT2D eigenvalue weighted by atomic mass is 9.85. The van der Waals surface area contributed by atoms with Crippen molar-refractivity contribution < 1.29 is 0 Å². The van der Waals surface area contributed by atoms with Gasteiger partial charge in [-0.25, -0.2) is 4.98 Å². The Bertz CT molecular complexity index is 2540. The number of para-hydroxylation sites is 2. The van der Waals surface area contributed by atoms with Crippen LogP contribution < -0.4 is 0 Å². The molecular formula is C46H33N3. The highest BCUT2D eigenvalue weighted by molar-refractivity contribution is 6.21. The standard InChI is InChI=1S/C46H33N3/c1-2-44-48-42-13-7-8-14-43(42)49(44)37-25-23-33(24-26-37)31-15-19-35(20-16-31)45-38-9-3-5-11-40(38)46(41-12-6-4-10-39(41)45)36-21-17-32(18-22-36)34-27-29-47-30-28-34/h3-30H,2H2,1H3. The first-order valence-electron chi connectivity index (χ1n) is 16.9. The van der Waals surface area contributed by atoms with Crippen LogP contribution in [0.25, 0.3) is 82.8 Å². The molecule has 0 aliphatic rings. The van der Waals surface area contributed by atoms with Crippen LogP contribution in [0.2, 0.25) is 0 Å². The van der Waals surface area contributed by atoms with E-state index in [1.165, 1.54) is 66.1 Å². The van der Waals surface area contributed by atoms with Crippen LogP contribution in [0, 0.1) is 0 Å². The second-order valence-corrected chi connectivity index (χ2v) is 12.5. The summed E-state index contributed by atoms with van der Waals surface area (Å²) in [5.74, 6) is 1.07. The van der Waals surface area contributed by atoms with Crippen molar-refractivity contribution in [2.75, 3.05) is 0 Å². The Morgan fingerprint density at radius 3 is 1.33 bits per heavy atom. The summed E-state index contributed by atoms with van der Waals surface area (Å²) in [6.45, 7) is 2.16. The van der Waals surface area contributed by atoms with Crippen molar-refractivity contribution in [3.8, 4) is 50.2 Å². The van der Waals surface area contributed by atoms with E-state index in [1.807, 2.05) is 12.4 Å². The highest BCUT2D eigenvalue weighted by Gasteiger charge is 2.17. The third-order valence-corrected chi connectivity index (χ3v) is 9.70. The van der Waals surface area contributed by atoms with Gasteiger partial charge in [0.25, 0.3) is 0 Å². The zero-order valence-corrected chi connectivity index (χ0v) is 27.2. The van der Waals surface area contributed by atoms with E-state index >= 15 is 0 Å². The van der Waals surface area contributed by atoms with E-state index in [-0.39, 0.29) is 0 Å². The summed E-state index contributed by atoms with van der Waals surface area (Å²) in [6, 6.07) is 57.0. The molecule has 232 valence electrons. The van der Waals surface area contributed by atoms with Gasteiger partial charge in [-0.3, -0.25) is 9.55 Å². The number of hydrogen-bond acceptors (Lipinski definition) is 2. The van der Waals surface area contributed by atoms with Crippen LogP contribution in [-0.4, -0.2) is 14.5 Å². The van der Waals surface area contributed by atoms with Crippen LogP contribution in [-0.2, 0) is 6.42 Å². The lowest BCUT2D eigenvalue weighted by molar-refractivity contribution is 0.908. The van der Waals surface area contributed by atoms with Gasteiger partial charge >= 0.3 is 0 Å². The Balaban J connectivity index is 1.11. The molecule has 0 fully saturated rings. The molecule has 0 radical (unpaired) electrons. The summed E-state index contributed by atoms with van der Waals surface area (Å²) in [5, 5.41) is 5.02. The Hall–Kier alpha value is -6.32. The minimum Gasteiger partial charge on any atom is -0.296 e. The van der Waals surface area contributed by atoms with Gasteiger partial charge in [-0.2, -0.15) is 0 Å². The minimum atomic E-state index is 0.876. The normalized spacial score (nSPS) is 11.4. The maximum Gasteiger partial charge on any atom is 0.114 e. The van der Waals surface area contributed by atoms with Crippen LogP contribution in [0.4, 0.5) is 0 Å². The van der Waals surface area contributed by atoms with Crippen molar-refractivity contribution in [3.63, 3.8) is 0 Å². The fraction of sp³-hybridized carbons (Fsp3) is 0.0435. The molecule has 9 aromatic rings. The summed E-state index contributed by atoms with van der Waals surface area (Å²) in [6.07, 6.45) is 4.57. The molecule has 2 heterocycles. The number of aryl methyl sites for hydroxylation is 1. The quantitative estimate of drug-likeness (QED) is 0.172. The first-order chi connectivity index (χ1) is 24.3. The van der Waals surface area contributed by atoms with E-state index in [1.54, 1.807) is 0 Å². The van der Waals surface area contributed by atoms with Gasteiger partial charge in [0.2, 0.25) is 0 Å². The predicted octanol–water partition coefficient (Wildman–Crippen LogP) is 12.0. The van der Waals surface area contributed by atoms with Crippen molar-refractivity contribution in [1.29, 1.82) is 0 Å². The Morgan fingerprint density at radius 1 is 0.429 bits per heavy atom. The van der Waals surface area contributed by atoms with Crippen molar-refractivity contribution in [3.05, 3.63) is 176 Å². The molecule has 0 aliphatic carbocycles. The Morgan fingerprint density at radius 2 is 0.837 bits per heavy atom. The maximum atomic E-state index is 4.87. The SMILES string of the molecule is CCc1nc2ccccc2n1-c1ccc(-c2ccc(-c3c4ccccc4c(-c4ccc(-c5ccncc5)cc4)c4ccccc34)cc2)cc1. The minimum absolute atomic E-state index is 0.876. The largest absolute Gasteiger partial charge is 0.296 e. The molecule has 9 rings (SSSR count). The van der Waals surface area contributed by atoms with Gasteiger partial charge in [0.15, 0.2) is 0 Å². The molecule has 49 heavy (non-hydrogen) atoms. The van der Waals surface area contributed by atoms with Crippen LogP contribution in [0.5, 0.6) is 0 Å². The zero-order chi connectivity index (χ0) is 32.7. The number of rotatable bonds is 6. The third-order valence-electron chi connectivity index (χ3n) is 9.70. The van der Waals surface area contributed by atoms with Crippen LogP contribution >= 0.6 is 0 Å². The zero-order valence-electron chi connectivity index (χ0n) is 27.2. The van der Waals surface area contributed by atoms with Gasteiger partial charge in [-0.1, -0.05) is 128 Å². The predicted molar refractivity (Wildman–Crippen MR) is 205 cm³/mol. The maximum absolute atomic E-state index is 4.87. The van der Waals surface area contributed by atoms with E-state index in [4.69, 9.17) is 4.98 Å². The van der Waals surface area contributed by atoms with Crippen LogP contribution in [0.3, 0.4) is 0 Å². The summed E-state index contributed by atoms with van der Waals surface area (Å²) < 4.78 is 2.28. The molecule has 2 aromatic heterocycles. The second kappa shape index (κ2) is 12.0. The van der Waals surface area contributed by atoms with Crippen LogP contribution in [0.15, 0.2) is 170 Å². The molecule has 0 atom stereocenters. The molecular weight excluding hydrogens is 595 g/mol. The number of fused-ring (bicyclic) bond motifs is 3. The van der Waals surface area contributed by atoms with Crippen molar-refractivity contribution in [2.45, 2.75) is 13.3 Å². The van der Waals surface area contributed by atoms with E-state index in [0.29, 0.717) is 0 Å². The number of pyridine rings is 1.